The van der Waals surface area contributed by atoms with Gasteiger partial charge in [0.25, 0.3) is 0 Å². The van der Waals surface area contributed by atoms with Crippen LogP contribution in [0.2, 0.25) is 0 Å². The molecule has 0 aromatic heterocycles. The van der Waals surface area contributed by atoms with E-state index in [1.165, 1.54) is 11.6 Å². The molecule has 0 aromatic carbocycles. The third-order valence-corrected chi connectivity index (χ3v) is 1.65. The number of halogens is 1. The van der Waals surface area contributed by atoms with Crippen molar-refractivity contribution in [2.75, 3.05) is 0 Å². The summed E-state index contributed by atoms with van der Waals surface area (Å²) in [5.41, 5.74) is 1.35. The highest BCUT2D eigenvalue weighted by Crippen LogP contribution is 2.15. The van der Waals surface area contributed by atoms with E-state index < -0.39 is 0 Å². The molecule has 0 atom stereocenters. The number of hydrogen-bond acceptors (Lipinski definition) is 0. The van der Waals surface area contributed by atoms with Gasteiger partial charge in [-0.3, -0.25) is 0 Å². The van der Waals surface area contributed by atoms with Gasteiger partial charge in [-0.1, -0.05) is 38.8 Å². The molecule has 0 saturated carbocycles. The van der Waals surface area contributed by atoms with Crippen LogP contribution in [0.15, 0.2) is 24.1 Å². The van der Waals surface area contributed by atoms with E-state index in [1.807, 2.05) is 6.08 Å². The van der Waals surface area contributed by atoms with Gasteiger partial charge < -0.3 is 0 Å². The number of allylic oxidation sites excluding steroid dienone is 3. The summed E-state index contributed by atoms with van der Waals surface area (Å²) in [5, 5.41) is 0. The maximum Gasteiger partial charge on any atom is 0.0866 e. The fraction of sp³-hybridized carbons (Fsp3) is 0.636. The molecule has 0 aromatic rings. The average Bonchev–Trinajstić information content (AvgIpc) is 2.00. The van der Waals surface area contributed by atoms with Gasteiger partial charge in [-0.15, -0.1) is 0 Å². The Morgan fingerprint density at radius 2 is 2.08 bits per heavy atom. The summed E-state index contributed by atoms with van der Waals surface area (Å²) >= 11 is 0. The van der Waals surface area contributed by atoms with Crippen molar-refractivity contribution in [1.29, 1.82) is 0 Å². The molecular formula is C11H19F. The standard InChI is InChI=1S/C11H19F/c1-4-6-11(7-5-8-12)9-10(2)3/h5,7-8,10H,4,6,9H2,1-3H3/b8-5+,11-7-. The van der Waals surface area contributed by atoms with Gasteiger partial charge in [-0.2, -0.15) is 0 Å². The Balaban J connectivity index is 4.02. The van der Waals surface area contributed by atoms with Crippen LogP contribution in [0, 0.1) is 5.92 Å². The second-order valence-electron chi connectivity index (χ2n) is 3.49. The van der Waals surface area contributed by atoms with Gasteiger partial charge in [-0.05, 0) is 24.8 Å². The Kier molecular flexibility index (Phi) is 6.73. The van der Waals surface area contributed by atoms with Crippen LogP contribution in [0.25, 0.3) is 0 Å². The van der Waals surface area contributed by atoms with Crippen molar-refractivity contribution in [3.8, 4) is 0 Å². The summed E-state index contributed by atoms with van der Waals surface area (Å²) in [7, 11) is 0. The van der Waals surface area contributed by atoms with Crippen LogP contribution in [0.1, 0.15) is 40.0 Å². The SMILES string of the molecule is CCC/C(=C/C=C/F)CC(C)C. The van der Waals surface area contributed by atoms with Crippen LogP contribution in [0.4, 0.5) is 4.39 Å². The van der Waals surface area contributed by atoms with Crippen molar-refractivity contribution in [2.24, 2.45) is 5.92 Å². The molecule has 0 N–H and O–H groups in total. The van der Waals surface area contributed by atoms with Crippen molar-refractivity contribution in [3.05, 3.63) is 24.1 Å². The molecule has 0 aliphatic rings. The van der Waals surface area contributed by atoms with Crippen molar-refractivity contribution in [3.63, 3.8) is 0 Å². The topological polar surface area (TPSA) is 0 Å². The molecule has 0 nitrogen and oxygen atoms in total. The Morgan fingerprint density at radius 3 is 2.50 bits per heavy atom. The van der Waals surface area contributed by atoms with Gasteiger partial charge in [0.2, 0.25) is 0 Å². The first-order valence-electron chi connectivity index (χ1n) is 4.65. The van der Waals surface area contributed by atoms with Gasteiger partial charge in [0.1, 0.15) is 0 Å². The minimum Gasteiger partial charge on any atom is -0.216 e. The lowest BCUT2D eigenvalue weighted by atomic mass is 9.99. The largest absolute Gasteiger partial charge is 0.216 e. The maximum absolute atomic E-state index is 11.7. The molecule has 0 amide bonds. The summed E-state index contributed by atoms with van der Waals surface area (Å²) in [6, 6.07) is 0. The number of rotatable bonds is 5. The van der Waals surface area contributed by atoms with Crippen molar-refractivity contribution < 1.29 is 4.39 Å². The molecule has 0 rings (SSSR count). The summed E-state index contributed by atoms with van der Waals surface area (Å²) in [4.78, 5) is 0. The summed E-state index contributed by atoms with van der Waals surface area (Å²) < 4.78 is 11.7. The highest BCUT2D eigenvalue weighted by Gasteiger charge is 1.98. The summed E-state index contributed by atoms with van der Waals surface area (Å²) in [6.07, 6.45) is 7.27. The first kappa shape index (κ1) is 11.4. The van der Waals surface area contributed by atoms with E-state index in [0.717, 1.165) is 19.3 Å². The van der Waals surface area contributed by atoms with Crippen LogP contribution in [0.5, 0.6) is 0 Å². The van der Waals surface area contributed by atoms with Crippen molar-refractivity contribution in [1.82, 2.24) is 0 Å². The molecule has 0 spiro atoms. The van der Waals surface area contributed by atoms with Gasteiger partial charge in [0.05, 0.1) is 6.33 Å². The monoisotopic (exact) mass is 170 g/mol. The Morgan fingerprint density at radius 1 is 1.42 bits per heavy atom. The zero-order chi connectivity index (χ0) is 9.40. The zero-order valence-corrected chi connectivity index (χ0v) is 8.31. The van der Waals surface area contributed by atoms with E-state index in [-0.39, 0.29) is 0 Å². The molecule has 12 heavy (non-hydrogen) atoms. The predicted octanol–water partition coefficient (Wildman–Crippen LogP) is 4.24. The molecule has 0 aliphatic carbocycles. The lowest BCUT2D eigenvalue weighted by Crippen LogP contribution is -1.91. The smallest absolute Gasteiger partial charge is 0.0866 e. The first-order chi connectivity index (χ1) is 5.70. The quantitative estimate of drug-likeness (QED) is 0.541. The normalized spacial score (nSPS) is 13.2. The van der Waals surface area contributed by atoms with Crippen molar-refractivity contribution in [2.45, 2.75) is 40.0 Å². The molecule has 0 aliphatic heterocycles. The van der Waals surface area contributed by atoms with Gasteiger partial charge >= 0.3 is 0 Å². The maximum atomic E-state index is 11.7. The van der Waals surface area contributed by atoms with Gasteiger partial charge in [0.15, 0.2) is 0 Å². The Labute approximate surface area is 75.2 Å². The van der Waals surface area contributed by atoms with Crippen LogP contribution >= 0.6 is 0 Å². The van der Waals surface area contributed by atoms with Gasteiger partial charge in [0, 0.05) is 0 Å². The Bertz CT molecular complexity index is 154. The summed E-state index contributed by atoms with van der Waals surface area (Å²) in [6.45, 7) is 6.51. The molecule has 0 heterocycles. The highest BCUT2D eigenvalue weighted by atomic mass is 19.1. The fourth-order valence-electron chi connectivity index (χ4n) is 1.27. The molecule has 0 radical (unpaired) electrons. The van der Waals surface area contributed by atoms with Gasteiger partial charge in [-0.25, -0.2) is 4.39 Å². The number of hydrogen-bond donors (Lipinski definition) is 0. The molecule has 0 fully saturated rings. The molecule has 0 bridgehead atoms. The molecule has 0 saturated heterocycles. The average molecular weight is 170 g/mol. The minimum atomic E-state index is 0.593. The zero-order valence-electron chi connectivity index (χ0n) is 8.31. The van der Waals surface area contributed by atoms with E-state index in [1.54, 1.807) is 0 Å². The molecule has 70 valence electrons. The third kappa shape index (κ3) is 6.14. The van der Waals surface area contributed by atoms with Crippen LogP contribution in [0.3, 0.4) is 0 Å². The minimum absolute atomic E-state index is 0.593. The molecule has 0 unspecified atom stereocenters. The predicted molar refractivity (Wildman–Crippen MR) is 52.7 cm³/mol. The highest BCUT2D eigenvalue weighted by molar-refractivity contribution is 5.11. The second-order valence-corrected chi connectivity index (χ2v) is 3.49. The van der Waals surface area contributed by atoms with Crippen molar-refractivity contribution >= 4 is 0 Å². The molecule has 1 heteroatoms. The summed E-state index contributed by atoms with van der Waals surface area (Å²) in [5.74, 6) is 0.663. The lowest BCUT2D eigenvalue weighted by Gasteiger charge is -2.07. The third-order valence-electron chi connectivity index (χ3n) is 1.65. The van der Waals surface area contributed by atoms with E-state index in [4.69, 9.17) is 0 Å². The van der Waals surface area contributed by atoms with E-state index in [2.05, 4.69) is 20.8 Å². The Hall–Kier alpha value is -0.590. The lowest BCUT2D eigenvalue weighted by molar-refractivity contribution is 0.621. The molecular weight excluding hydrogens is 151 g/mol. The van der Waals surface area contributed by atoms with E-state index >= 15 is 0 Å². The first-order valence-corrected chi connectivity index (χ1v) is 4.65. The fourth-order valence-corrected chi connectivity index (χ4v) is 1.27. The second kappa shape index (κ2) is 7.08. The van der Waals surface area contributed by atoms with Crippen LogP contribution in [-0.2, 0) is 0 Å². The van der Waals surface area contributed by atoms with E-state index in [9.17, 15) is 4.39 Å². The van der Waals surface area contributed by atoms with Crippen LogP contribution < -0.4 is 0 Å². The van der Waals surface area contributed by atoms with E-state index in [0.29, 0.717) is 12.2 Å². The van der Waals surface area contributed by atoms with Crippen LogP contribution in [-0.4, -0.2) is 0 Å².